The zero-order valence-electron chi connectivity index (χ0n) is 15.1. The molecule has 1 fully saturated rings. The van der Waals surface area contributed by atoms with Gasteiger partial charge in [-0.05, 0) is 70.0 Å². The van der Waals surface area contributed by atoms with Gasteiger partial charge >= 0.3 is 6.09 Å². The molecule has 0 spiro atoms. The Hall–Kier alpha value is -1.75. The highest BCUT2D eigenvalue weighted by Crippen LogP contribution is 2.22. The van der Waals surface area contributed by atoms with Gasteiger partial charge in [-0.3, -0.25) is 10.2 Å². The number of nitrogens with zero attached hydrogens (tertiary/aromatic N) is 1. The van der Waals surface area contributed by atoms with Gasteiger partial charge in [-0.2, -0.15) is 0 Å². The largest absolute Gasteiger partial charge is 0.494 e. The fourth-order valence-corrected chi connectivity index (χ4v) is 2.95. The van der Waals surface area contributed by atoms with Gasteiger partial charge in [0.25, 0.3) is 0 Å². The van der Waals surface area contributed by atoms with E-state index < -0.39 is 6.09 Å². The van der Waals surface area contributed by atoms with Crippen LogP contribution in [0.1, 0.15) is 45.1 Å². The number of anilines is 1. The van der Waals surface area contributed by atoms with Crippen LogP contribution < -0.4 is 10.1 Å². The van der Waals surface area contributed by atoms with E-state index in [0.29, 0.717) is 6.61 Å². The van der Waals surface area contributed by atoms with Gasteiger partial charge in [0.2, 0.25) is 0 Å². The van der Waals surface area contributed by atoms with E-state index in [2.05, 4.69) is 17.1 Å². The van der Waals surface area contributed by atoms with Gasteiger partial charge in [0.15, 0.2) is 0 Å². The lowest BCUT2D eigenvalue weighted by Gasteiger charge is -2.28. The first-order valence-electron chi connectivity index (χ1n) is 9.02. The Morgan fingerprint density at radius 1 is 1.29 bits per heavy atom. The van der Waals surface area contributed by atoms with Gasteiger partial charge in [0, 0.05) is 12.2 Å². The van der Waals surface area contributed by atoms with Crippen molar-refractivity contribution >= 4 is 11.8 Å². The Balaban J connectivity index is 1.80. The van der Waals surface area contributed by atoms with Crippen molar-refractivity contribution in [3.63, 3.8) is 0 Å². The van der Waals surface area contributed by atoms with Crippen molar-refractivity contribution in [1.82, 2.24) is 4.90 Å². The van der Waals surface area contributed by atoms with Crippen LogP contribution in [-0.2, 0) is 4.74 Å². The molecule has 1 unspecified atom stereocenters. The first-order valence-corrected chi connectivity index (χ1v) is 9.02. The number of aryl methyl sites for hydroxylation is 1. The molecular formula is C19H30N2O3. The predicted octanol–water partition coefficient (Wildman–Crippen LogP) is 4.21. The molecule has 1 N–H and O–H groups in total. The fourth-order valence-electron chi connectivity index (χ4n) is 2.95. The minimum atomic E-state index is -0.398. The van der Waals surface area contributed by atoms with E-state index in [4.69, 9.17) is 9.47 Å². The average Bonchev–Trinajstić information content (AvgIpc) is 2.56. The minimum Gasteiger partial charge on any atom is -0.494 e. The average molecular weight is 334 g/mol. The van der Waals surface area contributed by atoms with E-state index in [0.717, 1.165) is 43.1 Å². The van der Waals surface area contributed by atoms with Gasteiger partial charge in [0.1, 0.15) is 11.9 Å². The maximum atomic E-state index is 12.1. The lowest BCUT2D eigenvalue weighted by atomic mass is 10.1. The highest BCUT2D eigenvalue weighted by Gasteiger charge is 2.16. The van der Waals surface area contributed by atoms with Gasteiger partial charge < -0.3 is 9.47 Å². The molecule has 2 rings (SSSR count). The number of nitrogens with one attached hydrogen (secondary N) is 1. The number of hydrogen-bond donors (Lipinski definition) is 1. The molecule has 0 bridgehead atoms. The van der Waals surface area contributed by atoms with E-state index in [1.54, 1.807) is 0 Å². The fraction of sp³-hybridized carbons (Fsp3) is 0.632. The molecule has 1 heterocycles. The molecule has 5 heteroatoms. The molecule has 1 aromatic carbocycles. The molecule has 0 aromatic heterocycles. The Morgan fingerprint density at radius 2 is 2.04 bits per heavy atom. The van der Waals surface area contributed by atoms with Crippen LogP contribution in [0.4, 0.5) is 10.5 Å². The minimum absolute atomic E-state index is 0.115. The van der Waals surface area contributed by atoms with Gasteiger partial charge in [-0.1, -0.05) is 13.3 Å². The molecule has 0 aliphatic carbocycles. The molecule has 134 valence electrons. The summed E-state index contributed by atoms with van der Waals surface area (Å²) in [6, 6.07) is 5.66. The van der Waals surface area contributed by atoms with E-state index >= 15 is 0 Å². The molecule has 1 aliphatic heterocycles. The second-order valence-electron chi connectivity index (χ2n) is 6.53. The molecule has 0 radical (unpaired) electrons. The zero-order valence-corrected chi connectivity index (χ0v) is 15.1. The topological polar surface area (TPSA) is 50.8 Å². The van der Waals surface area contributed by atoms with Crippen molar-refractivity contribution in [3.05, 3.63) is 23.8 Å². The number of carbonyl (C=O) groups is 1. The SMILES string of the molecule is CCCOc1ccc(NC(=O)OC(C)CN2CCCCC2)c(C)c1. The summed E-state index contributed by atoms with van der Waals surface area (Å²) in [5.41, 5.74) is 1.72. The summed E-state index contributed by atoms with van der Waals surface area (Å²) in [4.78, 5) is 14.5. The number of benzene rings is 1. The van der Waals surface area contributed by atoms with Crippen molar-refractivity contribution in [2.24, 2.45) is 0 Å². The Morgan fingerprint density at radius 3 is 2.71 bits per heavy atom. The van der Waals surface area contributed by atoms with Crippen LogP contribution in [0.2, 0.25) is 0 Å². The maximum absolute atomic E-state index is 12.1. The first-order chi connectivity index (χ1) is 11.6. The summed E-state index contributed by atoms with van der Waals surface area (Å²) in [7, 11) is 0. The molecule has 1 atom stereocenters. The summed E-state index contributed by atoms with van der Waals surface area (Å²) in [6.45, 7) is 9.68. The molecule has 24 heavy (non-hydrogen) atoms. The highest BCUT2D eigenvalue weighted by atomic mass is 16.6. The number of carbonyl (C=O) groups excluding carboxylic acids is 1. The molecule has 5 nitrogen and oxygen atoms in total. The molecule has 1 aliphatic rings. The van der Waals surface area contributed by atoms with E-state index in [9.17, 15) is 4.79 Å². The van der Waals surface area contributed by atoms with Gasteiger partial charge in [-0.15, -0.1) is 0 Å². The summed E-state index contributed by atoms with van der Waals surface area (Å²) >= 11 is 0. The number of amides is 1. The molecule has 1 aromatic rings. The lowest BCUT2D eigenvalue weighted by molar-refractivity contribution is 0.0833. The number of likely N-dealkylation sites (tertiary alicyclic amines) is 1. The van der Waals surface area contributed by atoms with Crippen molar-refractivity contribution < 1.29 is 14.3 Å². The van der Waals surface area contributed by atoms with Crippen molar-refractivity contribution in [1.29, 1.82) is 0 Å². The van der Waals surface area contributed by atoms with Crippen LogP contribution in [0.3, 0.4) is 0 Å². The third-order valence-corrected chi connectivity index (χ3v) is 4.18. The van der Waals surface area contributed by atoms with Crippen molar-refractivity contribution in [3.8, 4) is 5.75 Å². The van der Waals surface area contributed by atoms with Crippen LogP contribution in [0.5, 0.6) is 5.75 Å². The summed E-state index contributed by atoms with van der Waals surface area (Å²) in [5.74, 6) is 0.826. The van der Waals surface area contributed by atoms with Gasteiger partial charge in [-0.25, -0.2) is 4.79 Å². The van der Waals surface area contributed by atoms with Crippen LogP contribution in [-0.4, -0.2) is 43.3 Å². The smallest absolute Gasteiger partial charge is 0.411 e. The quantitative estimate of drug-likeness (QED) is 0.811. The maximum Gasteiger partial charge on any atom is 0.411 e. The third kappa shape index (κ3) is 6.04. The third-order valence-electron chi connectivity index (χ3n) is 4.18. The Labute approximate surface area is 145 Å². The van der Waals surface area contributed by atoms with E-state index in [1.807, 2.05) is 32.0 Å². The van der Waals surface area contributed by atoms with Crippen molar-refractivity contribution in [2.45, 2.75) is 52.6 Å². The summed E-state index contributed by atoms with van der Waals surface area (Å²) < 4.78 is 11.1. The van der Waals surface area contributed by atoms with E-state index in [1.165, 1.54) is 19.3 Å². The van der Waals surface area contributed by atoms with Crippen LogP contribution >= 0.6 is 0 Å². The predicted molar refractivity (Wildman–Crippen MR) is 96.8 cm³/mol. The molecular weight excluding hydrogens is 304 g/mol. The summed E-state index contributed by atoms with van der Waals surface area (Å²) in [5, 5.41) is 2.83. The lowest BCUT2D eigenvalue weighted by Crippen LogP contribution is -2.37. The van der Waals surface area contributed by atoms with Gasteiger partial charge in [0.05, 0.1) is 6.61 Å². The normalized spacial score (nSPS) is 16.5. The number of hydrogen-bond acceptors (Lipinski definition) is 4. The van der Waals surface area contributed by atoms with Crippen LogP contribution in [0.15, 0.2) is 18.2 Å². The second-order valence-corrected chi connectivity index (χ2v) is 6.53. The molecule has 1 saturated heterocycles. The first kappa shape index (κ1) is 18.6. The molecule has 1 amide bonds. The number of ether oxygens (including phenoxy) is 2. The highest BCUT2D eigenvalue weighted by molar-refractivity contribution is 5.85. The molecule has 0 saturated carbocycles. The van der Waals surface area contributed by atoms with E-state index in [-0.39, 0.29) is 6.10 Å². The number of rotatable bonds is 7. The summed E-state index contributed by atoms with van der Waals surface area (Å²) in [6.07, 6.45) is 4.25. The van der Waals surface area contributed by atoms with Crippen molar-refractivity contribution in [2.75, 3.05) is 31.6 Å². The van der Waals surface area contributed by atoms with Crippen LogP contribution in [0, 0.1) is 6.92 Å². The monoisotopic (exact) mass is 334 g/mol. The van der Waals surface area contributed by atoms with Crippen LogP contribution in [0.25, 0.3) is 0 Å². The standard InChI is InChI=1S/C19H30N2O3/c1-4-12-23-17-8-9-18(15(2)13-17)20-19(22)24-16(3)14-21-10-6-5-7-11-21/h8-9,13,16H,4-7,10-12,14H2,1-3H3,(H,20,22). The number of piperidine rings is 1. The second kappa shape index (κ2) is 9.52. The zero-order chi connectivity index (χ0) is 17.4. The Bertz CT molecular complexity index is 527. The Kier molecular flexibility index (Phi) is 7.37.